The second-order valence-corrected chi connectivity index (χ2v) is 6.73. The first-order valence-electron chi connectivity index (χ1n) is 9.54. The topological polar surface area (TPSA) is 67.1 Å². The van der Waals surface area contributed by atoms with Gasteiger partial charge in [-0.15, -0.1) is 0 Å². The smallest absolute Gasteiger partial charge is 0.263 e. The molecule has 0 atom stereocenters. The molecule has 0 radical (unpaired) electrons. The number of nitrogens with one attached hydrogen (secondary N) is 1. The third-order valence-electron chi connectivity index (χ3n) is 4.80. The Morgan fingerprint density at radius 2 is 2.00 bits per heavy atom. The van der Waals surface area contributed by atoms with Gasteiger partial charge in [0.15, 0.2) is 0 Å². The fraction of sp³-hybridized carbons (Fsp3) is 0.450. The quantitative estimate of drug-likeness (QED) is 0.760. The molecule has 1 N–H and O–H groups in total. The van der Waals surface area contributed by atoms with Crippen LogP contribution in [0.15, 0.2) is 34.9 Å². The summed E-state index contributed by atoms with van der Waals surface area (Å²) in [5, 5.41) is 8.74. The summed E-state index contributed by atoms with van der Waals surface area (Å²) < 4.78 is 5.64. The molecule has 6 nitrogen and oxygen atoms in total. The van der Waals surface area contributed by atoms with Crippen molar-refractivity contribution in [3.63, 3.8) is 0 Å². The summed E-state index contributed by atoms with van der Waals surface area (Å²) in [5.41, 5.74) is 2.46. The van der Waals surface area contributed by atoms with Gasteiger partial charge in [-0.25, -0.2) is 4.98 Å². The molecule has 1 aromatic carbocycles. The van der Waals surface area contributed by atoms with Crippen LogP contribution in [0.5, 0.6) is 0 Å². The van der Waals surface area contributed by atoms with Crippen LogP contribution in [0.3, 0.4) is 0 Å². The molecule has 1 aliphatic rings. The zero-order chi connectivity index (χ0) is 17.8. The van der Waals surface area contributed by atoms with Gasteiger partial charge >= 0.3 is 0 Å². The molecule has 3 heterocycles. The van der Waals surface area contributed by atoms with Crippen LogP contribution in [-0.4, -0.2) is 41.3 Å². The number of benzene rings is 1. The summed E-state index contributed by atoms with van der Waals surface area (Å²) in [5.74, 6) is 1.81. The predicted molar refractivity (Wildman–Crippen MR) is 103 cm³/mol. The number of rotatable bonds is 5. The molecule has 0 bridgehead atoms. The van der Waals surface area contributed by atoms with Crippen molar-refractivity contribution in [2.45, 2.75) is 32.6 Å². The Labute approximate surface area is 153 Å². The van der Waals surface area contributed by atoms with E-state index < -0.39 is 0 Å². The Balaban J connectivity index is 1.85. The van der Waals surface area contributed by atoms with E-state index in [0.717, 1.165) is 80.1 Å². The fourth-order valence-electron chi connectivity index (χ4n) is 3.41. The minimum absolute atomic E-state index is 0.595. The molecule has 26 heavy (non-hydrogen) atoms. The predicted octanol–water partition coefficient (Wildman–Crippen LogP) is 3.43. The van der Waals surface area contributed by atoms with E-state index in [1.165, 1.54) is 0 Å². The first-order valence-corrected chi connectivity index (χ1v) is 9.54. The van der Waals surface area contributed by atoms with E-state index in [1.807, 2.05) is 18.2 Å². The van der Waals surface area contributed by atoms with E-state index in [2.05, 4.69) is 39.4 Å². The maximum absolute atomic E-state index is 5.64. The molecule has 3 aromatic rings. The SMILES string of the molecule is CCCCc1nc(N2CCCNCC2)c2c(-c3ccccc3)noc2n1. The molecular formula is C20H25N5O. The van der Waals surface area contributed by atoms with E-state index in [0.29, 0.717) is 5.71 Å². The number of nitrogens with zero attached hydrogens (tertiary/aromatic N) is 4. The van der Waals surface area contributed by atoms with Gasteiger partial charge in [-0.1, -0.05) is 48.8 Å². The van der Waals surface area contributed by atoms with E-state index >= 15 is 0 Å². The van der Waals surface area contributed by atoms with Crippen molar-refractivity contribution in [1.29, 1.82) is 0 Å². The number of unbranched alkanes of at least 4 members (excludes halogenated alkanes) is 1. The monoisotopic (exact) mass is 351 g/mol. The van der Waals surface area contributed by atoms with Gasteiger partial charge in [0.25, 0.3) is 5.71 Å². The second kappa shape index (κ2) is 7.83. The molecule has 0 saturated carbocycles. The largest absolute Gasteiger partial charge is 0.354 e. The van der Waals surface area contributed by atoms with Crippen LogP contribution >= 0.6 is 0 Å². The van der Waals surface area contributed by atoms with Crippen LogP contribution in [0.25, 0.3) is 22.4 Å². The van der Waals surface area contributed by atoms with Gasteiger partial charge in [0.1, 0.15) is 22.7 Å². The highest BCUT2D eigenvalue weighted by Gasteiger charge is 2.23. The van der Waals surface area contributed by atoms with Crippen LogP contribution in [0, 0.1) is 0 Å². The van der Waals surface area contributed by atoms with Crippen LogP contribution < -0.4 is 10.2 Å². The number of hydrogen-bond donors (Lipinski definition) is 1. The number of hydrogen-bond acceptors (Lipinski definition) is 6. The summed E-state index contributed by atoms with van der Waals surface area (Å²) in [6, 6.07) is 10.1. The van der Waals surface area contributed by atoms with Crippen molar-refractivity contribution in [3.8, 4) is 11.3 Å². The van der Waals surface area contributed by atoms with Gasteiger partial charge in [-0.2, -0.15) is 4.98 Å². The minimum atomic E-state index is 0.595. The van der Waals surface area contributed by atoms with Gasteiger partial charge in [-0.3, -0.25) is 0 Å². The van der Waals surface area contributed by atoms with Crippen LogP contribution in [0.4, 0.5) is 5.82 Å². The molecule has 0 unspecified atom stereocenters. The van der Waals surface area contributed by atoms with E-state index in [-0.39, 0.29) is 0 Å². The van der Waals surface area contributed by atoms with Crippen molar-refractivity contribution in [3.05, 3.63) is 36.2 Å². The standard InChI is InChI=1S/C20H25N5O/c1-2-3-10-16-22-19(25-13-7-11-21-12-14-25)17-18(24-26-20(17)23-16)15-8-5-4-6-9-15/h4-6,8-9,21H,2-3,7,10-14H2,1H3. The van der Waals surface area contributed by atoms with Crippen LogP contribution in [-0.2, 0) is 6.42 Å². The molecule has 0 spiro atoms. The van der Waals surface area contributed by atoms with E-state index in [9.17, 15) is 0 Å². The lowest BCUT2D eigenvalue weighted by atomic mass is 10.1. The van der Waals surface area contributed by atoms with Crippen LogP contribution in [0.1, 0.15) is 32.0 Å². The van der Waals surface area contributed by atoms with Crippen molar-refractivity contribution in [2.24, 2.45) is 0 Å². The Kier molecular flexibility index (Phi) is 5.11. The van der Waals surface area contributed by atoms with Gasteiger partial charge < -0.3 is 14.7 Å². The normalized spacial score (nSPS) is 15.3. The summed E-state index contributed by atoms with van der Waals surface area (Å²) in [7, 11) is 0. The third kappa shape index (κ3) is 3.42. The lowest BCUT2D eigenvalue weighted by molar-refractivity contribution is 0.450. The van der Waals surface area contributed by atoms with Gasteiger partial charge in [0, 0.05) is 31.6 Å². The van der Waals surface area contributed by atoms with Crippen molar-refractivity contribution in [2.75, 3.05) is 31.1 Å². The van der Waals surface area contributed by atoms with E-state index in [1.54, 1.807) is 0 Å². The molecule has 4 rings (SSSR count). The summed E-state index contributed by atoms with van der Waals surface area (Å²) >= 11 is 0. The molecule has 1 aliphatic heterocycles. The highest BCUT2D eigenvalue weighted by atomic mass is 16.5. The van der Waals surface area contributed by atoms with Crippen LogP contribution in [0.2, 0.25) is 0 Å². The van der Waals surface area contributed by atoms with E-state index in [4.69, 9.17) is 9.51 Å². The average molecular weight is 351 g/mol. The lowest BCUT2D eigenvalue weighted by Crippen LogP contribution is -2.29. The van der Waals surface area contributed by atoms with Crippen molar-refractivity contribution < 1.29 is 4.52 Å². The number of aromatic nitrogens is 3. The summed E-state index contributed by atoms with van der Waals surface area (Å²) in [6.45, 7) is 6.09. The molecule has 1 fully saturated rings. The summed E-state index contributed by atoms with van der Waals surface area (Å²) in [6.07, 6.45) is 4.16. The number of anilines is 1. The molecule has 1 saturated heterocycles. The highest BCUT2D eigenvalue weighted by Crippen LogP contribution is 2.34. The van der Waals surface area contributed by atoms with Gasteiger partial charge in [0.2, 0.25) is 0 Å². The van der Waals surface area contributed by atoms with Gasteiger partial charge in [0.05, 0.1) is 0 Å². The highest BCUT2D eigenvalue weighted by molar-refractivity contribution is 5.98. The molecule has 0 amide bonds. The lowest BCUT2D eigenvalue weighted by Gasteiger charge is -2.22. The first-order chi connectivity index (χ1) is 12.9. The van der Waals surface area contributed by atoms with Crippen molar-refractivity contribution >= 4 is 16.9 Å². The number of fused-ring (bicyclic) bond motifs is 1. The molecule has 0 aliphatic carbocycles. The minimum Gasteiger partial charge on any atom is -0.354 e. The zero-order valence-electron chi connectivity index (χ0n) is 15.2. The zero-order valence-corrected chi connectivity index (χ0v) is 15.2. The van der Waals surface area contributed by atoms with Gasteiger partial charge in [-0.05, 0) is 19.4 Å². The summed E-state index contributed by atoms with van der Waals surface area (Å²) in [4.78, 5) is 12.0. The molecular weight excluding hydrogens is 326 g/mol. The Morgan fingerprint density at radius 1 is 1.12 bits per heavy atom. The molecule has 6 heteroatoms. The Bertz CT molecular complexity index is 853. The van der Waals surface area contributed by atoms with Crippen molar-refractivity contribution in [1.82, 2.24) is 20.4 Å². The molecule has 2 aromatic heterocycles. The average Bonchev–Trinajstić information content (AvgIpc) is 2.92. The third-order valence-corrected chi connectivity index (χ3v) is 4.80. The molecule has 136 valence electrons. The fourth-order valence-corrected chi connectivity index (χ4v) is 3.41. The Morgan fingerprint density at radius 3 is 2.85 bits per heavy atom. The Hall–Kier alpha value is -2.47. The number of aryl methyl sites for hydroxylation is 1. The maximum atomic E-state index is 5.64. The maximum Gasteiger partial charge on any atom is 0.263 e. The second-order valence-electron chi connectivity index (χ2n) is 6.73. The first kappa shape index (κ1) is 17.0.